The van der Waals surface area contributed by atoms with E-state index < -0.39 is 0 Å². The lowest BCUT2D eigenvalue weighted by Gasteiger charge is -2.21. The molecule has 1 heterocycles. The van der Waals surface area contributed by atoms with Gasteiger partial charge in [0.25, 0.3) is 0 Å². The molecule has 1 aromatic heterocycles. The van der Waals surface area contributed by atoms with Crippen molar-refractivity contribution in [1.29, 1.82) is 0 Å². The fourth-order valence-electron chi connectivity index (χ4n) is 2.17. The minimum Gasteiger partial charge on any atom is -0.310 e. The van der Waals surface area contributed by atoms with Crippen molar-refractivity contribution in [2.45, 2.75) is 25.8 Å². The number of aromatic nitrogens is 1. The van der Waals surface area contributed by atoms with Crippen molar-refractivity contribution in [3.63, 3.8) is 0 Å². The number of hydrogen-bond donors (Lipinski definition) is 1. The summed E-state index contributed by atoms with van der Waals surface area (Å²) in [6, 6.07) is 11.6. The molecule has 0 saturated carbocycles. The van der Waals surface area contributed by atoms with E-state index in [9.17, 15) is 0 Å². The quantitative estimate of drug-likeness (QED) is 0.838. The Morgan fingerprint density at radius 1 is 1.10 bits per heavy atom. The minimum absolute atomic E-state index is 0.0750. The molecule has 0 saturated heterocycles. The molecule has 20 heavy (non-hydrogen) atoms. The zero-order valence-electron chi connectivity index (χ0n) is 11.4. The summed E-state index contributed by atoms with van der Waals surface area (Å²) in [5.74, 6) is 0. The Kier molecular flexibility index (Phi) is 5.84. The van der Waals surface area contributed by atoms with Crippen LogP contribution in [0.2, 0.25) is 10.0 Å². The average molecular weight is 309 g/mol. The number of benzene rings is 1. The van der Waals surface area contributed by atoms with Gasteiger partial charge in [-0.3, -0.25) is 4.98 Å². The fraction of sp³-hybridized carbons (Fsp3) is 0.312. The highest BCUT2D eigenvalue weighted by molar-refractivity contribution is 6.36. The van der Waals surface area contributed by atoms with Crippen LogP contribution in [-0.4, -0.2) is 11.5 Å². The Morgan fingerprint density at radius 3 is 2.45 bits per heavy atom. The monoisotopic (exact) mass is 308 g/mol. The summed E-state index contributed by atoms with van der Waals surface area (Å²) in [6.07, 6.45) is 3.63. The molecule has 0 aliphatic rings. The largest absolute Gasteiger partial charge is 0.310 e. The van der Waals surface area contributed by atoms with Gasteiger partial charge in [0.15, 0.2) is 0 Å². The number of hydrogen-bond acceptors (Lipinski definition) is 2. The maximum Gasteiger partial charge on any atom is 0.0468 e. The van der Waals surface area contributed by atoms with E-state index in [2.05, 4.69) is 17.2 Å². The normalized spacial score (nSPS) is 12.3. The van der Waals surface area contributed by atoms with Gasteiger partial charge in [0.2, 0.25) is 0 Å². The Hall–Kier alpha value is -1.09. The molecule has 106 valence electrons. The fourth-order valence-corrected chi connectivity index (χ4v) is 2.83. The Balaban J connectivity index is 2.27. The van der Waals surface area contributed by atoms with E-state index in [0.717, 1.165) is 30.6 Å². The zero-order chi connectivity index (χ0) is 14.4. The van der Waals surface area contributed by atoms with Crippen molar-refractivity contribution >= 4 is 23.2 Å². The molecule has 0 amide bonds. The van der Waals surface area contributed by atoms with Crippen LogP contribution in [0.5, 0.6) is 0 Å². The Labute approximate surface area is 130 Å². The molecule has 0 spiro atoms. The smallest absolute Gasteiger partial charge is 0.0468 e. The second-order valence-electron chi connectivity index (χ2n) is 4.67. The van der Waals surface area contributed by atoms with Gasteiger partial charge in [-0.15, -0.1) is 0 Å². The molecule has 1 aromatic carbocycles. The van der Waals surface area contributed by atoms with E-state index in [1.165, 1.54) is 0 Å². The molecule has 0 radical (unpaired) electrons. The summed E-state index contributed by atoms with van der Waals surface area (Å²) in [5, 5.41) is 4.90. The SMILES string of the molecule is CCCNC(Cc1ccccn1)c1c(Cl)cccc1Cl. The summed E-state index contributed by atoms with van der Waals surface area (Å²) in [4.78, 5) is 4.39. The molecule has 0 fully saturated rings. The highest BCUT2D eigenvalue weighted by Gasteiger charge is 2.18. The summed E-state index contributed by atoms with van der Waals surface area (Å²) in [5.41, 5.74) is 1.98. The second kappa shape index (κ2) is 7.63. The van der Waals surface area contributed by atoms with Crippen LogP contribution < -0.4 is 5.32 Å². The number of rotatable bonds is 6. The van der Waals surface area contributed by atoms with Gasteiger partial charge in [0.1, 0.15) is 0 Å². The molecular formula is C16H18Cl2N2. The first-order valence-corrected chi connectivity index (χ1v) is 7.55. The van der Waals surface area contributed by atoms with Crippen molar-refractivity contribution in [3.05, 3.63) is 63.9 Å². The summed E-state index contributed by atoms with van der Waals surface area (Å²) < 4.78 is 0. The maximum atomic E-state index is 6.32. The van der Waals surface area contributed by atoms with Gasteiger partial charge in [0.05, 0.1) is 0 Å². The maximum absolute atomic E-state index is 6.32. The third-order valence-corrected chi connectivity index (χ3v) is 3.79. The highest BCUT2D eigenvalue weighted by Crippen LogP contribution is 2.31. The van der Waals surface area contributed by atoms with Crippen LogP contribution in [0.15, 0.2) is 42.6 Å². The first kappa shape index (κ1) is 15.3. The van der Waals surface area contributed by atoms with Crippen LogP contribution in [0, 0.1) is 0 Å². The Morgan fingerprint density at radius 2 is 1.85 bits per heavy atom. The van der Waals surface area contributed by atoms with Crippen molar-refractivity contribution in [1.82, 2.24) is 10.3 Å². The van der Waals surface area contributed by atoms with Gasteiger partial charge in [-0.25, -0.2) is 0 Å². The molecular weight excluding hydrogens is 291 g/mol. The molecule has 1 unspecified atom stereocenters. The first-order valence-electron chi connectivity index (χ1n) is 6.79. The standard InChI is InChI=1S/C16H18Cl2N2/c1-2-9-20-15(11-12-6-3-4-10-19-12)16-13(17)7-5-8-14(16)18/h3-8,10,15,20H,2,9,11H2,1H3. The van der Waals surface area contributed by atoms with Crippen LogP contribution in [0.3, 0.4) is 0 Å². The van der Waals surface area contributed by atoms with Crippen LogP contribution in [-0.2, 0) is 6.42 Å². The van der Waals surface area contributed by atoms with E-state index >= 15 is 0 Å². The summed E-state index contributed by atoms with van der Waals surface area (Å²) >= 11 is 12.6. The predicted molar refractivity (Wildman–Crippen MR) is 85.4 cm³/mol. The average Bonchev–Trinajstić information content (AvgIpc) is 2.45. The summed E-state index contributed by atoms with van der Waals surface area (Å²) in [6.45, 7) is 3.05. The molecule has 0 bridgehead atoms. The molecule has 1 atom stereocenters. The number of nitrogens with zero attached hydrogens (tertiary/aromatic N) is 1. The molecule has 2 nitrogen and oxygen atoms in total. The van der Waals surface area contributed by atoms with Crippen molar-refractivity contribution in [2.24, 2.45) is 0 Å². The molecule has 2 rings (SSSR count). The van der Waals surface area contributed by atoms with Gasteiger partial charge in [-0.05, 0) is 37.2 Å². The van der Waals surface area contributed by atoms with E-state index in [1.807, 2.05) is 36.4 Å². The highest BCUT2D eigenvalue weighted by atomic mass is 35.5. The van der Waals surface area contributed by atoms with Gasteiger partial charge in [0, 0.05) is 40.0 Å². The lowest BCUT2D eigenvalue weighted by molar-refractivity contribution is 0.525. The molecule has 1 N–H and O–H groups in total. The van der Waals surface area contributed by atoms with Crippen LogP contribution in [0.25, 0.3) is 0 Å². The molecule has 2 aromatic rings. The van der Waals surface area contributed by atoms with Gasteiger partial charge in [-0.1, -0.05) is 42.3 Å². The van der Waals surface area contributed by atoms with E-state index in [-0.39, 0.29) is 6.04 Å². The number of pyridine rings is 1. The lowest BCUT2D eigenvalue weighted by Crippen LogP contribution is -2.25. The van der Waals surface area contributed by atoms with E-state index in [4.69, 9.17) is 23.2 Å². The third kappa shape index (κ3) is 3.95. The molecule has 0 aliphatic heterocycles. The van der Waals surface area contributed by atoms with Gasteiger partial charge < -0.3 is 5.32 Å². The lowest BCUT2D eigenvalue weighted by atomic mass is 10.0. The third-order valence-electron chi connectivity index (χ3n) is 3.13. The number of nitrogens with one attached hydrogen (secondary N) is 1. The van der Waals surface area contributed by atoms with Crippen molar-refractivity contribution in [2.75, 3.05) is 6.54 Å². The predicted octanol–water partition coefficient (Wildman–Crippen LogP) is 4.67. The van der Waals surface area contributed by atoms with Crippen LogP contribution >= 0.6 is 23.2 Å². The Bertz CT molecular complexity index is 523. The van der Waals surface area contributed by atoms with Crippen LogP contribution in [0.4, 0.5) is 0 Å². The second-order valence-corrected chi connectivity index (χ2v) is 5.48. The van der Waals surface area contributed by atoms with Gasteiger partial charge in [-0.2, -0.15) is 0 Å². The zero-order valence-corrected chi connectivity index (χ0v) is 13.0. The van der Waals surface area contributed by atoms with Crippen molar-refractivity contribution in [3.8, 4) is 0 Å². The van der Waals surface area contributed by atoms with Crippen molar-refractivity contribution < 1.29 is 0 Å². The number of halogens is 2. The minimum atomic E-state index is 0.0750. The molecule has 0 aliphatic carbocycles. The molecule has 4 heteroatoms. The van der Waals surface area contributed by atoms with Gasteiger partial charge >= 0.3 is 0 Å². The first-order chi connectivity index (χ1) is 9.72. The van der Waals surface area contributed by atoms with E-state index in [1.54, 1.807) is 6.20 Å². The summed E-state index contributed by atoms with van der Waals surface area (Å²) in [7, 11) is 0. The topological polar surface area (TPSA) is 24.9 Å². The van der Waals surface area contributed by atoms with Crippen LogP contribution in [0.1, 0.15) is 30.6 Å². The van der Waals surface area contributed by atoms with E-state index in [0.29, 0.717) is 10.0 Å².